The molecule has 0 rings (SSSR count). The van der Waals surface area contributed by atoms with Gasteiger partial charge in [-0.05, 0) is 32.6 Å². The first-order valence-corrected chi connectivity index (χ1v) is 11.0. The minimum atomic E-state index is -6.07. The summed E-state index contributed by atoms with van der Waals surface area (Å²) in [7, 11) is -12.0. The van der Waals surface area contributed by atoms with Gasteiger partial charge in [0.2, 0.25) is 9.84 Å². The SMILES string of the molecule is C=CCC(C(CC(C)OC(=O)C(=C)C)CS(=O)(=O)C(F)(F)F)S(=O)(=O)C(F)(F)F. The lowest BCUT2D eigenvalue weighted by Gasteiger charge is -2.29. The van der Waals surface area contributed by atoms with Crippen molar-refractivity contribution in [2.75, 3.05) is 5.75 Å². The summed E-state index contributed by atoms with van der Waals surface area (Å²) in [6, 6.07) is 0. The van der Waals surface area contributed by atoms with E-state index in [4.69, 9.17) is 4.74 Å². The van der Waals surface area contributed by atoms with Crippen LogP contribution in [0, 0.1) is 5.92 Å². The Labute approximate surface area is 164 Å². The summed E-state index contributed by atoms with van der Waals surface area (Å²) in [6.45, 7) is 8.60. The van der Waals surface area contributed by atoms with Gasteiger partial charge >= 0.3 is 17.0 Å². The van der Waals surface area contributed by atoms with Crippen molar-refractivity contribution in [2.45, 2.75) is 49.1 Å². The number of sulfone groups is 2. The Kier molecular flexibility index (Phi) is 8.98. The molecular weight excluding hydrogens is 454 g/mol. The van der Waals surface area contributed by atoms with E-state index in [1.807, 2.05) is 0 Å². The quantitative estimate of drug-likeness (QED) is 0.209. The second-order valence-electron chi connectivity index (χ2n) is 6.27. The number of rotatable bonds is 10. The Morgan fingerprint density at radius 3 is 1.90 bits per heavy atom. The maximum Gasteiger partial charge on any atom is 0.497 e. The van der Waals surface area contributed by atoms with E-state index in [-0.39, 0.29) is 5.57 Å². The lowest BCUT2D eigenvalue weighted by Crippen LogP contribution is -2.44. The van der Waals surface area contributed by atoms with Crippen molar-refractivity contribution >= 4 is 25.6 Å². The van der Waals surface area contributed by atoms with Crippen molar-refractivity contribution in [3.05, 3.63) is 24.8 Å². The topological polar surface area (TPSA) is 94.6 Å². The van der Waals surface area contributed by atoms with Crippen LogP contribution in [-0.4, -0.2) is 50.9 Å². The molecule has 0 bridgehead atoms. The average Bonchev–Trinajstić information content (AvgIpc) is 2.48. The van der Waals surface area contributed by atoms with Crippen LogP contribution in [0.25, 0.3) is 0 Å². The molecule has 3 atom stereocenters. The Hall–Kier alpha value is -1.57. The number of esters is 1. The highest BCUT2D eigenvalue weighted by molar-refractivity contribution is 7.93. The van der Waals surface area contributed by atoms with Gasteiger partial charge in [0.25, 0.3) is 9.84 Å². The first-order chi connectivity index (χ1) is 12.8. The van der Waals surface area contributed by atoms with E-state index in [1.165, 1.54) is 6.92 Å². The maximum absolute atomic E-state index is 13.0. The molecule has 0 aliphatic rings. The zero-order valence-electron chi connectivity index (χ0n) is 15.4. The summed E-state index contributed by atoms with van der Waals surface area (Å²) < 4.78 is 129. The third-order valence-corrected chi connectivity index (χ3v) is 7.32. The van der Waals surface area contributed by atoms with E-state index in [1.54, 1.807) is 0 Å². The van der Waals surface area contributed by atoms with Gasteiger partial charge in [-0.15, -0.1) is 6.58 Å². The minimum absolute atomic E-state index is 0.137. The largest absolute Gasteiger partial charge is 0.497 e. The highest BCUT2D eigenvalue weighted by Crippen LogP contribution is 2.37. The van der Waals surface area contributed by atoms with Crippen molar-refractivity contribution < 1.29 is 52.7 Å². The van der Waals surface area contributed by atoms with Crippen molar-refractivity contribution in [1.29, 1.82) is 0 Å². The summed E-state index contributed by atoms with van der Waals surface area (Å²) >= 11 is 0. The highest BCUT2D eigenvalue weighted by Gasteiger charge is 2.55. The van der Waals surface area contributed by atoms with Crippen molar-refractivity contribution in [3.8, 4) is 0 Å². The molecule has 0 saturated heterocycles. The second-order valence-corrected chi connectivity index (χ2v) is 10.5. The Bertz CT molecular complexity index is 826. The zero-order valence-corrected chi connectivity index (χ0v) is 17.0. The van der Waals surface area contributed by atoms with Crippen LogP contribution in [0.5, 0.6) is 0 Å². The van der Waals surface area contributed by atoms with Crippen LogP contribution in [0.3, 0.4) is 0 Å². The van der Waals surface area contributed by atoms with Gasteiger partial charge in [0.1, 0.15) is 0 Å². The van der Waals surface area contributed by atoms with Gasteiger partial charge in [-0.3, -0.25) is 0 Å². The van der Waals surface area contributed by atoms with Crippen molar-refractivity contribution in [2.24, 2.45) is 5.92 Å². The smallest absolute Gasteiger partial charge is 0.459 e. The first-order valence-electron chi connectivity index (χ1n) is 7.84. The number of carbonyl (C=O) groups is 1. The fourth-order valence-electron chi connectivity index (χ4n) is 2.37. The molecule has 0 aliphatic heterocycles. The molecule has 0 aromatic carbocycles. The summed E-state index contributed by atoms with van der Waals surface area (Å²) in [5.41, 5.74) is -11.8. The van der Waals surface area contributed by atoms with Gasteiger partial charge in [-0.1, -0.05) is 12.7 Å². The van der Waals surface area contributed by atoms with Crippen LogP contribution in [0.2, 0.25) is 0 Å². The van der Waals surface area contributed by atoms with Crippen LogP contribution in [0.4, 0.5) is 26.3 Å². The van der Waals surface area contributed by atoms with Gasteiger partial charge in [0.15, 0.2) is 0 Å². The van der Waals surface area contributed by atoms with Crippen LogP contribution in [0.15, 0.2) is 24.8 Å². The van der Waals surface area contributed by atoms with Gasteiger partial charge in [-0.25, -0.2) is 21.6 Å². The molecule has 0 N–H and O–H groups in total. The minimum Gasteiger partial charge on any atom is -0.459 e. The fraction of sp³-hybridized carbons (Fsp3) is 0.667. The number of carbonyl (C=O) groups excluding carboxylic acids is 1. The van der Waals surface area contributed by atoms with Crippen molar-refractivity contribution in [1.82, 2.24) is 0 Å². The van der Waals surface area contributed by atoms with Crippen LogP contribution < -0.4 is 0 Å². The van der Waals surface area contributed by atoms with E-state index in [2.05, 4.69) is 13.2 Å². The molecule has 0 fully saturated rings. The molecule has 170 valence electrons. The molecule has 0 heterocycles. The lowest BCUT2D eigenvalue weighted by molar-refractivity contribution is -0.144. The van der Waals surface area contributed by atoms with Crippen LogP contribution >= 0.6 is 0 Å². The van der Waals surface area contributed by atoms with Crippen LogP contribution in [0.1, 0.15) is 26.7 Å². The monoisotopic (exact) mass is 474 g/mol. The normalized spacial score (nSPS) is 16.6. The standard InChI is InChI=1S/C15H20F6O6S2/c1-5-6-12(29(25,26)15(19,20)21)11(8-28(23,24)14(16,17)18)7-10(4)27-13(22)9(2)3/h5,10-12H,1-2,6-8H2,3-4H3. The van der Waals surface area contributed by atoms with Crippen LogP contribution in [-0.2, 0) is 29.2 Å². The van der Waals surface area contributed by atoms with E-state index >= 15 is 0 Å². The molecular formula is C15H20F6O6S2. The van der Waals surface area contributed by atoms with Gasteiger partial charge < -0.3 is 4.74 Å². The molecule has 0 aromatic heterocycles. The highest BCUT2D eigenvalue weighted by atomic mass is 32.2. The van der Waals surface area contributed by atoms with E-state index < -0.39 is 72.5 Å². The third kappa shape index (κ3) is 7.32. The van der Waals surface area contributed by atoms with Gasteiger partial charge in [0, 0.05) is 5.57 Å². The number of alkyl halides is 6. The lowest BCUT2D eigenvalue weighted by atomic mass is 9.98. The fourth-order valence-corrected chi connectivity index (χ4v) is 5.06. The molecule has 6 nitrogen and oxygen atoms in total. The second kappa shape index (κ2) is 9.49. The molecule has 0 aliphatic carbocycles. The third-order valence-electron chi connectivity index (χ3n) is 3.72. The van der Waals surface area contributed by atoms with E-state index in [0.717, 1.165) is 6.92 Å². The van der Waals surface area contributed by atoms with Crippen molar-refractivity contribution in [3.63, 3.8) is 0 Å². The molecule has 0 saturated carbocycles. The van der Waals surface area contributed by atoms with Gasteiger partial charge in [-0.2, -0.15) is 26.3 Å². The number of hydrogen-bond acceptors (Lipinski definition) is 6. The number of ether oxygens (including phenoxy) is 1. The number of halogens is 6. The zero-order chi connectivity index (χ0) is 23.4. The first kappa shape index (κ1) is 27.4. The molecule has 3 unspecified atom stereocenters. The Morgan fingerprint density at radius 2 is 1.55 bits per heavy atom. The summed E-state index contributed by atoms with van der Waals surface area (Å²) in [6.07, 6.45) is -2.56. The molecule has 0 amide bonds. The molecule has 0 spiro atoms. The predicted molar refractivity (Wildman–Crippen MR) is 91.9 cm³/mol. The van der Waals surface area contributed by atoms with Gasteiger partial charge in [0.05, 0.1) is 17.1 Å². The number of allylic oxidation sites excluding steroid dienone is 1. The Morgan fingerprint density at radius 1 is 1.07 bits per heavy atom. The molecule has 0 aromatic rings. The predicted octanol–water partition coefficient (Wildman–Crippen LogP) is 3.31. The molecule has 14 heteroatoms. The summed E-state index contributed by atoms with van der Waals surface area (Å²) in [5, 5.41) is -2.58. The number of hydrogen-bond donors (Lipinski definition) is 0. The van der Waals surface area contributed by atoms with E-state index in [0.29, 0.717) is 6.08 Å². The molecule has 0 radical (unpaired) electrons. The van der Waals surface area contributed by atoms with E-state index in [9.17, 15) is 48.0 Å². The summed E-state index contributed by atoms with van der Waals surface area (Å²) in [5.74, 6) is -5.17. The maximum atomic E-state index is 13.0. The average molecular weight is 474 g/mol. The summed E-state index contributed by atoms with van der Waals surface area (Å²) in [4.78, 5) is 11.5. The molecule has 29 heavy (non-hydrogen) atoms. The Balaban J connectivity index is 6.21.